The number of fused-ring (bicyclic) bond motifs is 1. The average Bonchev–Trinajstić information content (AvgIpc) is 3.01. The predicted molar refractivity (Wildman–Crippen MR) is 100 cm³/mol. The molecule has 25 heavy (non-hydrogen) atoms. The molecule has 0 aliphatic rings. The first-order valence-electron chi connectivity index (χ1n) is 8.03. The van der Waals surface area contributed by atoms with E-state index in [9.17, 15) is 0 Å². The number of aromatic nitrogens is 3. The molecule has 2 aromatic heterocycles. The SMILES string of the molecule is COc1ccc(Nc2ncnc3c2cc(-c2ccccc2)n3C)cc1. The van der Waals surface area contributed by atoms with Crippen molar-refractivity contribution in [3.8, 4) is 17.0 Å². The molecular formula is C20H18N4O. The van der Waals surface area contributed by atoms with E-state index in [2.05, 4.69) is 38.1 Å². The number of anilines is 2. The van der Waals surface area contributed by atoms with E-state index in [-0.39, 0.29) is 0 Å². The quantitative estimate of drug-likeness (QED) is 0.603. The van der Waals surface area contributed by atoms with Crippen LogP contribution in [0.3, 0.4) is 0 Å². The molecule has 4 rings (SSSR count). The van der Waals surface area contributed by atoms with Gasteiger partial charge in [0.2, 0.25) is 0 Å². The molecular weight excluding hydrogens is 312 g/mol. The number of nitrogens with zero attached hydrogens (tertiary/aromatic N) is 3. The molecule has 2 aromatic carbocycles. The number of methoxy groups -OCH3 is 1. The number of ether oxygens (including phenoxy) is 1. The third-order valence-corrected chi connectivity index (χ3v) is 4.25. The van der Waals surface area contributed by atoms with Gasteiger partial charge in [0.1, 0.15) is 23.5 Å². The summed E-state index contributed by atoms with van der Waals surface area (Å²) >= 11 is 0. The first-order chi connectivity index (χ1) is 12.3. The highest BCUT2D eigenvalue weighted by atomic mass is 16.5. The molecule has 0 bridgehead atoms. The summed E-state index contributed by atoms with van der Waals surface area (Å²) < 4.78 is 7.29. The van der Waals surface area contributed by atoms with E-state index >= 15 is 0 Å². The Morgan fingerprint density at radius 2 is 1.72 bits per heavy atom. The van der Waals surface area contributed by atoms with Gasteiger partial charge in [-0.25, -0.2) is 9.97 Å². The molecule has 5 heteroatoms. The van der Waals surface area contributed by atoms with E-state index in [1.54, 1.807) is 13.4 Å². The smallest absolute Gasteiger partial charge is 0.145 e. The Morgan fingerprint density at radius 1 is 0.960 bits per heavy atom. The maximum absolute atomic E-state index is 5.20. The lowest BCUT2D eigenvalue weighted by molar-refractivity contribution is 0.415. The highest BCUT2D eigenvalue weighted by molar-refractivity contribution is 5.93. The zero-order chi connectivity index (χ0) is 17.2. The van der Waals surface area contributed by atoms with E-state index in [0.29, 0.717) is 0 Å². The zero-order valence-corrected chi connectivity index (χ0v) is 14.1. The van der Waals surface area contributed by atoms with Crippen molar-refractivity contribution in [3.63, 3.8) is 0 Å². The van der Waals surface area contributed by atoms with Crippen molar-refractivity contribution in [1.82, 2.24) is 14.5 Å². The summed E-state index contributed by atoms with van der Waals surface area (Å²) in [5.41, 5.74) is 4.10. The predicted octanol–water partition coefficient (Wildman–Crippen LogP) is 4.39. The van der Waals surface area contributed by atoms with E-state index in [4.69, 9.17) is 4.74 Å². The molecule has 0 fully saturated rings. The fourth-order valence-electron chi connectivity index (χ4n) is 2.93. The second-order valence-corrected chi connectivity index (χ2v) is 5.77. The topological polar surface area (TPSA) is 52.0 Å². The molecule has 0 aliphatic carbocycles. The molecule has 124 valence electrons. The van der Waals surface area contributed by atoms with Gasteiger partial charge in [0.15, 0.2) is 0 Å². The van der Waals surface area contributed by atoms with Crippen LogP contribution in [0.4, 0.5) is 11.5 Å². The normalized spacial score (nSPS) is 10.8. The Labute approximate surface area is 145 Å². The third kappa shape index (κ3) is 2.80. The Kier molecular flexibility index (Phi) is 3.82. The fraction of sp³-hybridized carbons (Fsp3) is 0.100. The Morgan fingerprint density at radius 3 is 2.44 bits per heavy atom. The molecule has 2 heterocycles. The van der Waals surface area contributed by atoms with Crippen LogP contribution in [-0.2, 0) is 7.05 Å². The Hall–Kier alpha value is -3.34. The minimum Gasteiger partial charge on any atom is -0.497 e. The van der Waals surface area contributed by atoms with E-state index in [1.165, 1.54) is 0 Å². The van der Waals surface area contributed by atoms with Gasteiger partial charge >= 0.3 is 0 Å². The molecule has 0 amide bonds. The van der Waals surface area contributed by atoms with Gasteiger partial charge in [0.05, 0.1) is 18.2 Å². The van der Waals surface area contributed by atoms with Gasteiger partial charge in [-0.05, 0) is 35.9 Å². The monoisotopic (exact) mass is 330 g/mol. The van der Waals surface area contributed by atoms with E-state index in [1.807, 2.05) is 49.5 Å². The molecule has 0 saturated carbocycles. The Balaban J connectivity index is 1.77. The van der Waals surface area contributed by atoms with Gasteiger partial charge in [-0.2, -0.15) is 0 Å². The molecule has 4 aromatic rings. The van der Waals surface area contributed by atoms with Crippen molar-refractivity contribution in [1.29, 1.82) is 0 Å². The van der Waals surface area contributed by atoms with Crippen molar-refractivity contribution in [2.45, 2.75) is 0 Å². The van der Waals surface area contributed by atoms with Crippen LogP contribution in [0.1, 0.15) is 0 Å². The van der Waals surface area contributed by atoms with Gasteiger partial charge in [-0.3, -0.25) is 0 Å². The zero-order valence-electron chi connectivity index (χ0n) is 14.1. The van der Waals surface area contributed by atoms with Gasteiger partial charge in [0, 0.05) is 12.7 Å². The summed E-state index contributed by atoms with van der Waals surface area (Å²) in [6.45, 7) is 0. The highest BCUT2D eigenvalue weighted by Crippen LogP contribution is 2.30. The standard InChI is InChI=1S/C20H18N4O/c1-24-18(14-6-4-3-5-7-14)12-17-19(21-13-22-20(17)24)23-15-8-10-16(25-2)11-9-15/h3-13H,1-2H3,(H,21,22,23). The molecule has 0 spiro atoms. The summed E-state index contributed by atoms with van der Waals surface area (Å²) in [7, 11) is 3.68. The molecule has 0 radical (unpaired) electrons. The maximum Gasteiger partial charge on any atom is 0.145 e. The largest absolute Gasteiger partial charge is 0.497 e. The van der Waals surface area contributed by atoms with Crippen LogP contribution >= 0.6 is 0 Å². The minimum absolute atomic E-state index is 0.785. The summed E-state index contributed by atoms with van der Waals surface area (Å²) in [5.74, 6) is 1.61. The molecule has 5 nitrogen and oxygen atoms in total. The van der Waals surface area contributed by atoms with Gasteiger partial charge in [-0.1, -0.05) is 30.3 Å². The lowest BCUT2D eigenvalue weighted by Crippen LogP contribution is -1.97. The van der Waals surface area contributed by atoms with Crippen molar-refractivity contribution >= 4 is 22.5 Å². The van der Waals surface area contributed by atoms with Crippen molar-refractivity contribution in [3.05, 3.63) is 67.0 Å². The fourth-order valence-corrected chi connectivity index (χ4v) is 2.93. The number of hydrogen-bond acceptors (Lipinski definition) is 4. The van der Waals surface area contributed by atoms with Crippen molar-refractivity contribution < 1.29 is 4.74 Å². The van der Waals surface area contributed by atoms with E-state index < -0.39 is 0 Å². The van der Waals surface area contributed by atoms with Crippen LogP contribution in [0, 0.1) is 0 Å². The van der Waals surface area contributed by atoms with Crippen LogP contribution < -0.4 is 10.1 Å². The first-order valence-corrected chi connectivity index (χ1v) is 8.03. The van der Waals surface area contributed by atoms with Crippen LogP contribution in [0.5, 0.6) is 5.75 Å². The van der Waals surface area contributed by atoms with Crippen LogP contribution in [-0.4, -0.2) is 21.6 Å². The third-order valence-electron chi connectivity index (χ3n) is 4.25. The molecule has 0 saturated heterocycles. The lowest BCUT2D eigenvalue weighted by atomic mass is 10.1. The number of hydrogen-bond donors (Lipinski definition) is 1. The maximum atomic E-state index is 5.20. The number of nitrogens with one attached hydrogen (secondary N) is 1. The number of benzene rings is 2. The van der Waals surface area contributed by atoms with Crippen LogP contribution in [0.15, 0.2) is 67.0 Å². The van der Waals surface area contributed by atoms with Gasteiger partial charge < -0.3 is 14.6 Å². The Bertz CT molecular complexity index is 1010. The van der Waals surface area contributed by atoms with Gasteiger partial charge in [0.25, 0.3) is 0 Å². The summed E-state index contributed by atoms with van der Waals surface area (Å²) in [5, 5.41) is 4.36. The van der Waals surface area contributed by atoms with Crippen LogP contribution in [0.25, 0.3) is 22.3 Å². The minimum atomic E-state index is 0.785. The molecule has 0 atom stereocenters. The lowest BCUT2D eigenvalue weighted by Gasteiger charge is -2.07. The summed E-state index contributed by atoms with van der Waals surface area (Å²) in [4.78, 5) is 8.87. The number of rotatable bonds is 4. The van der Waals surface area contributed by atoms with E-state index in [0.717, 1.165) is 39.5 Å². The average molecular weight is 330 g/mol. The second kappa shape index (κ2) is 6.28. The highest BCUT2D eigenvalue weighted by Gasteiger charge is 2.13. The second-order valence-electron chi connectivity index (χ2n) is 5.77. The molecule has 0 unspecified atom stereocenters. The summed E-state index contributed by atoms with van der Waals surface area (Å²) in [6.07, 6.45) is 1.59. The first kappa shape index (κ1) is 15.2. The molecule has 0 aliphatic heterocycles. The van der Waals surface area contributed by atoms with Crippen LogP contribution in [0.2, 0.25) is 0 Å². The van der Waals surface area contributed by atoms with Crippen molar-refractivity contribution in [2.75, 3.05) is 12.4 Å². The number of aryl methyl sites for hydroxylation is 1. The van der Waals surface area contributed by atoms with Gasteiger partial charge in [-0.15, -0.1) is 0 Å². The van der Waals surface area contributed by atoms with Crippen molar-refractivity contribution in [2.24, 2.45) is 7.05 Å². The molecule has 1 N–H and O–H groups in total. The summed E-state index contributed by atoms with van der Waals surface area (Å²) in [6, 6.07) is 20.2.